The van der Waals surface area contributed by atoms with Gasteiger partial charge in [0.05, 0.1) is 4.92 Å². The van der Waals surface area contributed by atoms with Crippen molar-refractivity contribution in [3.63, 3.8) is 0 Å². The molecule has 0 spiro atoms. The number of anilines is 1. The summed E-state index contributed by atoms with van der Waals surface area (Å²) < 4.78 is -1.98. The van der Waals surface area contributed by atoms with Gasteiger partial charge in [-0.15, -0.1) is 0 Å². The van der Waals surface area contributed by atoms with E-state index in [0.29, 0.717) is 5.56 Å². The van der Waals surface area contributed by atoms with E-state index in [9.17, 15) is 14.9 Å². The molecule has 31 heavy (non-hydrogen) atoms. The van der Waals surface area contributed by atoms with Gasteiger partial charge in [-0.1, -0.05) is 83.3 Å². The average Bonchev–Trinajstić information content (AvgIpc) is 2.72. The lowest BCUT2D eigenvalue weighted by molar-refractivity contribution is -0.383. The van der Waals surface area contributed by atoms with Crippen molar-refractivity contribution in [1.29, 1.82) is 0 Å². The first-order valence-electron chi connectivity index (χ1n) is 8.83. The summed E-state index contributed by atoms with van der Waals surface area (Å²) in [7, 11) is 0. The molecule has 160 valence electrons. The Morgan fingerprint density at radius 2 is 1.61 bits per heavy atom. The number of carbonyl (C=O) groups excluding carboxylic acids is 1. The second-order valence-electron chi connectivity index (χ2n) is 6.35. The van der Waals surface area contributed by atoms with Crippen LogP contribution in [0.3, 0.4) is 0 Å². The minimum absolute atomic E-state index is 0.0798. The minimum atomic E-state index is -1.98. The van der Waals surface area contributed by atoms with Crippen LogP contribution in [0.15, 0.2) is 66.7 Å². The van der Waals surface area contributed by atoms with Gasteiger partial charge in [-0.25, -0.2) is 0 Å². The number of alkyl halides is 3. The Morgan fingerprint density at radius 3 is 2.32 bits per heavy atom. The van der Waals surface area contributed by atoms with E-state index >= 15 is 0 Å². The maximum absolute atomic E-state index is 12.9. The molecule has 3 aromatic rings. The number of fused-ring (bicyclic) bond motifs is 1. The van der Waals surface area contributed by atoms with Crippen LogP contribution in [-0.4, -0.2) is 25.9 Å². The number of hydrogen-bond acceptors (Lipinski definition) is 4. The molecule has 0 radical (unpaired) electrons. The molecule has 3 N–H and O–H groups in total. The number of amides is 1. The lowest BCUT2D eigenvalue weighted by atomic mass is 10.0. The van der Waals surface area contributed by atoms with Gasteiger partial charge in [0.15, 0.2) is 5.11 Å². The van der Waals surface area contributed by atoms with E-state index in [1.54, 1.807) is 18.2 Å². The van der Waals surface area contributed by atoms with Crippen molar-refractivity contribution in [2.75, 3.05) is 5.32 Å². The van der Waals surface area contributed by atoms with E-state index in [2.05, 4.69) is 16.0 Å². The second-order valence-corrected chi connectivity index (χ2v) is 9.12. The summed E-state index contributed by atoms with van der Waals surface area (Å²) in [5.41, 5.74) is 0.349. The zero-order valence-electron chi connectivity index (χ0n) is 15.6. The van der Waals surface area contributed by atoms with E-state index < -0.39 is 20.8 Å². The third kappa shape index (κ3) is 5.74. The lowest BCUT2D eigenvalue weighted by Crippen LogP contribution is -2.56. The number of thiocarbonyl (C=S) groups is 1. The third-order valence-electron chi connectivity index (χ3n) is 4.26. The number of nitro benzene ring substituents is 1. The summed E-state index contributed by atoms with van der Waals surface area (Å²) in [6.45, 7) is 0. The van der Waals surface area contributed by atoms with E-state index in [-0.39, 0.29) is 16.5 Å². The van der Waals surface area contributed by atoms with Crippen molar-refractivity contribution < 1.29 is 9.72 Å². The SMILES string of the molecule is O=C(N[C@@H](NC(=S)Nc1ccccc1[N+](=O)[O-])C(Cl)(Cl)Cl)c1cccc2ccccc12. The third-order valence-corrected chi connectivity index (χ3v) is 5.14. The highest BCUT2D eigenvalue weighted by atomic mass is 35.6. The molecule has 11 heteroatoms. The molecule has 0 aliphatic heterocycles. The highest BCUT2D eigenvalue weighted by molar-refractivity contribution is 7.80. The standard InChI is InChI=1S/C20H15Cl3N4O3S/c21-20(22,23)18(26-19(31)24-15-10-3-4-11-16(15)27(29)30)25-17(28)14-9-5-7-12-6-1-2-8-13(12)14/h1-11,18H,(H,25,28)(H2,24,26,31)/t18-/m0/s1. The summed E-state index contributed by atoms with van der Waals surface area (Å²) in [5.74, 6) is -0.492. The molecular formula is C20H15Cl3N4O3S. The molecule has 0 unspecified atom stereocenters. The zero-order chi connectivity index (χ0) is 22.6. The normalized spacial score (nSPS) is 12.1. The van der Waals surface area contributed by atoms with Gasteiger partial charge >= 0.3 is 0 Å². The van der Waals surface area contributed by atoms with Crippen molar-refractivity contribution in [1.82, 2.24) is 10.6 Å². The van der Waals surface area contributed by atoms with Crippen LogP contribution in [0.25, 0.3) is 10.8 Å². The Balaban J connectivity index is 1.79. The number of nitrogens with zero attached hydrogens (tertiary/aromatic N) is 1. The average molecular weight is 498 g/mol. The smallest absolute Gasteiger partial charge is 0.292 e. The van der Waals surface area contributed by atoms with Crippen LogP contribution >= 0.6 is 47.0 Å². The number of para-hydroxylation sites is 2. The van der Waals surface area contributed by atoms with Crippen molar-refractivity contribution in [3.05, 3.63) is 82.4 Å². The van der Waals surface area contributed by atoms with Gasteiger partial charge in [-0.05, 0) is 35.1 Å². The Hall–Kier alpha value is -2.65. The molecule has 0 aliphatic carbocycles. The summed E-state index contributed by atoms with van der Waals surface area (Å²) in [6.07, 6.45) is -1.23. The van der Waals surface area contributed by atoms with Crippen LogP contribution < -0.4 is 16.0 Å². The van der Waals surface area contributed by atoms with Gasteiger partial charge in [-0.2, -0.15) is 0 Å². The van der Waals surface area contributed by atoms with Gasteiger partial charge in [0, 0.05) is 11.6 Å². The first-order valence-corrected chi connectivity index (χ1v) is 10.4. The Labute approximate surface area is 197 Å². The Morgan fingerprint density at radius 1 is 0.968 bits per heavy atom. The van der Waals surface area contributed by atoms with Crippen LogP contribution in [0.2, 0.25) is 0 Å². The minimum Gasteiger partial charge on any atom is -0.339 e. The maximum atomic E-state index is 12.9. The molecule has 0 saturated carbocycles. The van der Waals surface area contributed by atoms with E-state index in [4.69, 9.17) is 47.0 Å². The Bertz CT molecular complexity index is 1150. The molecule has 0 bridgehead atoms. The van der Waals surface area contributed by atoms with Crippen LogP contribution in [0, 0.1) is 10.1 Å². The van der Waals surface area contributed by atoms with E-state index in [1.807, 2.05) is 30.3 Å². The van der Waals surface area contributed by atoms with Gasteiger partial charge in [0.1, 0.15) is 11.9 Å². The van der Waals surface area contributed by atoms with Gasteiger partial charge < -0.3 is 16.0 Å². The number of nitrogens with one attached hydrogen (secondary N) is 3. The number of halogens is 3. The molecule has 0 aromatic heterocycles. The fraction of sp³-hybridized carbons (Fsp3) is 0.100. The molecule has 0 heterocycles. The number of rotatable bonds is 5. The molecule has 1 atom stereocenters. The van der Waals surface area contributed by atoms with Crippen LogP contribution in [0.1, 0.15) is 10.4 Å². The number of carbonyl (C=O) groups is 1. The highest BCUT2D eigenvalue weighted by Crippen LogP contribution is 2.30. The van der Waals surface area contributed by atoms with Gasteiger partial charge in [0.2, 0.25) is 3.79 Å². The van der Waals surface area contributed by atoms with Crippen molar-refractivity contribution in [3.8, 4) is 0 Å². The number of hydrogen-bond donors (Lipinski definition) is 3. The van der Waals surface area contributed by atoms with E-state index in [1.165, 1.54) is 18.2 Å². The van der Waals surface area contributed by atoms with Crippen LogP contribution in [-0.2, 0) is 0 Å². The zero-order valence-corrected chi connectivity index (χ0v) is 18.7. The van der Waals surface area contributed by atoms with Gasteiger partial charge in [0.25, 0.3) is 11.6 Å². The molecule has 0 aliphatic rings. The highest BCUT2D eigenvalue weighted by Gasteiger charge is 2.35. The predicted octanol–water partition coefficient (Wildman–Crippen LogP) is 5.16. The van der Waals surface area contributed by atoms with Crippen molar-refractivity contribution >= 4 is 80.2 Å². The van der Waals surface area contributed by atoms with Gasteiger partial charge in [-0.3, -0.25) is 14.9 Å². The lowest BCUT2D eigenvalue weighted by Gasteiger charge is -2.28. The summed E-state index contributed by atoms with van der Waals surface area (Å²) in [4.78, 5) is 23.5. The largest absolute Gasteiger partial charge is 0.339 e. The molecule has 3 aromatic carbocycles. The first-order chi connectivity index (χ1) is 14.7. The fourth-order valence-corrected chi connectivity index (χ4v) is 3.42. The van der Waals surface area contributed by atoms with Crippen LogP contribution in [0.5, 0.6) is 0 Å². The molecule has 3 rings (SSSR count). The molecule has 0 fully saturated rings. The first kappa shape index (κ1) is 23.0. The van der Waals surface area contributed by atoms with Crippen molar-refractivity contribution in [2.24, 2.45) is 0 Å². The molecular weight excluding hydrogens is 483 g/mol. The monoisotopic (exact) mass is 496 g/mol. The topological polar surface area (TPSA) is 96.3 Å². The van der Waals surface area contributed by atoms with E-state index in [0.717, 1.165) is 10.8 Å². The maximum Gasteiger partial charge on any atom is 0.292 e. The molecule has 1 amide bonds. The quantitative estimate of drug-likeness (QED) is 0.148. The summed E-state index contributed by atoms with van der Waals surface area (Å²) in [5, 5.41) is 20.7. The Kier molecular flexibility index (Phi) is 7.17. The number of nitro groups is 1. The van der Waals surface area contributed by atoms with Crippen LogP contribution in [0.4, 0.5) is 11.4 Å². The van der Waals surface area contributed by atoms with Crippen molar-refractivity contribution in [2.45, 2.75) is 9.96 Å². The second kappa shape index (κ2) is 9.65. The fourth-order valence-electron chi connectivity index (χ4n) is 2.86. The molecule has 0 saturated heterocycles. The number of benzene rings is 3. The summed E-state index contributed by atoms with van der Waals surface area (Å²) in [6, 6.07) is 18.6. The predicted molar refractivity (Wildman–Crippen MR) is 128 cm³/mol. The summed E-state index contributed by atoms with van der Waals surface area (Å²) >= 11 is 23.3. The molecule has 7 nitrogen and oxygen atoms in total.